The van der Waals surface area contributed by atoms with Crippen LogP contribution in [-0.2, 0) is 6.42 Å². The summed E-state index contributed by atoms with van der Waals surface area (Å²) >= 11 is 0. The molecule has 2 N–H and O–H groups in total. The third kappa shape index (κ3) is 4.11. The van der Waals surface area contributed by atoms with E-state index in [-0.39, 0.29) is 6.04 Å². The maximum absolute atomic E-state index is 10.2. The van der Waals surface area contributed by atoms with E-state index >= 15 is 0 Å². The number of rotatable bonds is 7. The van der Waals surface area contributed by atoms with Crippen LogP contribution in [-0.4, -0.2) is 24.8 Å². The second-order valence-electron chi connectivity index (χ2n) is 4.89. The van der Waals surface area contributed by atoms with Crippen molar-refractivity contribution in [2.45, 2.75) is 25.5 Å². The molecular formula is C16H21NO3. The normalized spacial score (nSPS) is 13.9. The highest BCUT2D eigenvalue weighted by atomic mass is 16.5. The van der Waals surface area contributed by atoms with Crippen molar-refractivity contribution in [3.05, 3.63) is 54.0 Å². The minimum atomic E-state index is -0.552. The lowest BCUT2D eigenvalue weighted by molar-refractivity contribution is 0.170. The van der Waals surface area contributed by atoms with Crippen molar-refractivity contribution in [3.8, 4) is 5.75 Å². The van der Waals surface area contributed by atoms with Crippen LogP contribution >= 0.6 is 0 Å². The van der Waals surface area contributed by atoms with Crippen LogP contribution in [0.4, 0.5) is 0 Å². The quantitative estimate of drug-likeness (QED) is 0.815. The topological polar surface area (TPSA) is 54.6 Å². The Hall–Kier alpha value is -1.78. The first-order chi connectivity index (χ1) is 9.69. The maximum atomic E-state index is 10.2. The van der Waals surface area contributed by atoms with Gasteiger partial charge in [0.2, 0.25) is 0 Å². The molecule has 0 radical (unpaired) electrons. The Balaban J connectivity index is 1.83. The van der Waals surface area contributed by atoms with Crippen LogP contribution in [0, 0.1) is 0 Å². The zero-order valence-electron chi connectivity index (χ0n) is 11.9. The van der Waals surface area contributed by atoms with Crippen LogP contribution in [0.3, 0.4) is 0 Å². The molecule has 2 unspecified atom stereocenters. The molecule has 2 rings (SSSR count). The molecular weight excluding hydrogens is 254 g/mol. The predicted molar refractivity (Wildman–Crippen MR) is 77.8 cm³/mol. The van der Waals surface area contributed by atoms with Crippen molar-refractivity contribution in [2.75, 3.05) is 13.7 Å². The van der Waals surface area contributed by atoms with Crippen LogP contribution in [0.1, 0.15) is 24.4 Å². The largest absolute Gasteiger partial charge is 0.497 e. The van der Waals surface area contributed by atoms with Crippen LogP contribution in [0.25, 0.3) is 0 Å². The lowest BCUT2D eigenvalue weighted by atomic mass is 10.1. The Labute approximate surface area is 119 Å². The van der Waals surface area contributed by atoms with E-state index in [1.165, 1.54) is 0 Å². The molecule has 0 aliphatic carbocycles. The summed E-state index contributed by atoms with van der Waals surface area (Å²) in [5.74, 6) is 1.70. The molecule has 20 heavy (non-hydrogen) atoms. The minimum Gasteiger partial charge on any atom is -0.497 e. The fraction of sp³-hybridized carbons (Fsp3) is 0.375. The van der Waals surface area contributed by atoms with Crippen molar-refractivity contribution >= 4 is 0 Å². The first-order valence-electron chi connectivity index (χ1n) is 6.77. The first kappa shape index (κ1) is 14.6. The summed E-state index contributed by atoms with van der Waals surface area (Å²) in [6.45, 7) is 2.57. The van der Waals surface area contributed by atoms with Gasteiger partial charge >= 0.3 is 0 Å². The van der Waals surface area contributed by atoms with Gasteiger partial charge in [-0.3, -0.25) is 0 Å². The summed E-state index contributed by atoms with van der Waals surface area (Å²) in [5, 5.41) is 13.5. The zero-order valence-corrected chi connectivity index (χ0v) is 11.9. The number of aliphatic hydroxyl groups excluding tert-OH is 1. The fourth-order valence-electron chi connectivity index (χ4n) is 2.08. The van der Waals surface area contributed by atoms with Crippen LogP contribution in [0.5, 0.6) is 5.75 Å². The average Bonchev–Trinajstić information content (AvgIpc) is 2.97. The van der Waals surface area contributed by atoms with Crippen LogP contribution in [0.2, 0.25) is 0 Å². The van der Waals surface area contributed by atoms with Gasteiger partial charge in [0.05, 0.1) is 19.5 Å². The summed E-state index contributed by atoms with van der Waals surface area (Å²) in [5.41, 5.74) is 0.849. The lowest BCUT2D eigenvalue weighted by Gasteiger charge is -2.17. The molecule has 0 bridgehead atoms. The molecule has 108 valence electrons. The van der Waals surface area contributed by atoms with Gasteiger partial charge in [-0.05, 0) is 36.8 Å². The number of hydrogen-bond acceptors (Lipinski definition) is 4. The van der Waals surface area contributed by atoms with Crippen molar-refractivity contribution in [3.63, 3.8) is 0 Å². The molecule has 0 aliphatic rings. The molecule has 0 amide bonds. The average molecular weight is 275 g/mol. The standard InChI is InChI=1S/C16H21NO3/c1-12(9-15-7-4-8-20-15)17-11-16(18)13-5-3-6-14(10-13)19-2/h3-8,10,12,16-18H,9,11H2,1-2H3. The molecule has 1 aromatic carbocycles. The van der Waals surface area contributed by atoms with E-state index in [9.17, 15) is 5.11 Å². The Morgan fingerprint density at radius 2 is 2.15 bits per heavy atom. The summed E-state index contributed by atoms with van der Waals surface area (Å²) in [6.07, 6.45) is 1.93. The zero-order chi connectivity index (χ0) is 14.4. The fourth-order valence-corrected chi connectivity index (χ4v) is 2.08. The molecule has 1 heterocycles. The summed E-state index contributed by atoms with van der Waals surface area (Å²) in [4.78, 5) is 0. The highest BCUT2D eigenvalue weighted by Crippen LogP contribution is 2.18. The Morgan fingerprint density at radius 3 is 2.85 bits per heavy atom. The smallest absolute Gasteiger partial charge is 0.119 e. The molecule has 0 saturated heterocycles. The van der Waals surface area contributed by atoms with E-state index in [1.54, 1.807) is 13.4 Å². The number of furan rings is 1. The van der Waals surface area contributed by atoms with Crippen molar-refractivity contribution in [2.24, 2.45) is 0 Å². The van der Waals surface area contributed by atoms with E-state index < -0.39 is 6.10 Å². The molecule has 0 spiro atoms. The number of hydrogen-bond donors (Lipinski definition) is 2. The van der Waals surface area contributed by atoms with E-state index in [1.807, 2.05) is 36.4 Å². The minimum absolute atomic E-state index is 0.237. The van der Waals surface area contributed by atoms with Crippen LogP contribution in [0.15, 0.2) is 47.1 Å². The van der Waals surface area contributed by atoms with Gasteiger partial charge in [-0.25, -0.2) is 0 Å². The van der Waals surface area contributed by atoms with Gasteiger partial charge in [0.15, 0.2) is 0 Å². The van der Waals surface area contributed by atoms with Crippen molar-refractivity contribution < 1.29 is 14.3 Å². The van der Waals surface area contributed by atoms with Gasteiger partial charge < -0.3 is 19.6 Å². The van der Waals surface area contributed by atoms with Gasteiger partial charge in [0.1, 0.15) is 11.5 Å². The Bertz CT molecular complexity index is 510. The van der Waals surface area contributed by atoms with Crippen LogP contribution < -0.4 is 10.1 Å². The highest BCUT2D eigenvalue weighted by Gasteiger charge is 2.11. The lowest BCUT2D eigenvalue weighted by Crippen LogP contribution is -2.31. The molecule has 4 nitrogen and oxygen atoms in total. The van der Waals surface area contributed by atoms with Gasteiger partial charge in [-0.1, -0.05) is 12.1 Å². The van der Waals surface area contributed by atoms with E-state index in [0.29, 0.717) is 6.54 Å². The van der Waals surface area contributed by atoms with Crippen molar-refractivity contribution in [1.82, 2.24) is 5.32 Å². The summed E-state index contributed by atoms with van der Waals surface area (Å²) < 4.78 is 10.5. The number of methoxy groups -OCH3 is 1. The first-order valence-corrected chi connectivity index (χ1v) is 6.77. The van der Waals surface area contributed by atoms with Gasteiger partial charge in [-0.15, -0.1) is 0 Å². The van der Waals surface area contributed by atoms with E-state index in [4.69, 9.17) is 9.15 Å². The molecule has 0 saturated carbocycles. The van der Waals surface area contributed by atoms with Gasteiger partial charge in [-0.2, -0.15) is 0 Å². The van der Waals surface area contributed by atoms with E-state index in [0.717, 1.165) is 23.5 Å². The predicted octanol–water partition coefficient (Wildman–Crippen LogP) is 2.54. The Kier molecular flexibility index (Phi) is 5.21. The van der Waals surface area contributed by atoms with Gasteiger partial charge in [0.25, 0.3) is 0 Å². The van der Waals surface area contributed by atoms with Gasteiger partial charge in [0, 0.05) is 19.0 Å². The molecule has 1 aromatic heterocycles. The second-order valence-corrected chi connectivity index (χ2v) is 4.89. The third-order valence-corrected chi connectivity index (χ3v) is 3.23. The Morgan fingerprint density at radius 1 is 1.30 bits per heavy atom. The maximum Gasteiger partial charge on any atom is 0.119 e. The molecule has 0 aliphatic heterocycles. The number of benzene rings is 1. The molecule has 4 heteroatoms. The molecule has 0 fully saturated rings. The van der Waals surface area contributed by atoms with E-state index in [2.05, 4.69) is 12.2 Å². The number of nitrogens with one attached hydrogen (secondary N) is 1. The highest BCUT2D eigenvalue weighted by molar-refractivity contribution is 5.29. The monoisotopic (exact) mass is 275 g/mol. The third-order valence-electron chi connectivity index (χ3n) is 3.23. The SMILES string of the molecule is COc1cccc(C(O)CNC(C)Cc2ccco2)c1. The molecule has 2 aromatic rings. The summed E-state index contributed by atoms with van der Waals surface area (Å²) in [7, 11) is 1.62. The second kappa shape index (κ2) is 7.12. The number of ether oxygens (including phenoxy) is 1. The summed E-state index contributed by atoms with van der Waals surface area (Å²) in [6, 6.07) is 11.6. The molecule has 2 atom stereocenters. The number of aliphatic hydroxyl groups is 1. The van der Waals surface area contributed by atoms with Crippen molar-refractivity contribution in [1.29, 1.82) is 0 Å².